The lowest BCUT2D eigenvalue weighted by Crippen LogP contribution is -2.41. The van der Waals surface area contributed by atoms with Crippen molar-refractivity contribution in [2.75, 3.05) is 6.61 Å². The van der Waals surface area contributed by atoms with Crippen LogP contribution in [0.4, 0.5) is 0 Å². The number of aryl methyl sites for hydroxylation is 3. The Morgan fingerprint density at radius 2 is 1.70 bits per heavy atom. The number of hydrogen-bond donors (Lipinski definition) is 2. The number of aromatic nitrogens is 2. The van der Waals surface area contributed by atoms with Gasteiger partial charge in [-0.3, -0.25) is 20.4 Å². The predicted octanol–water partition coefficient (Wildman–Crippen LogP) is 3.09. The largest absolute Gasteiger partial charge is 0.494 e. The van der Waals surface area contributed by atoms with Crippen LogP contribution in [0, 0.1) is 20.8 Å². The Kier molecular flexibility index (Phi) is 5.36. The van der Waals surface area contributed by atoms with Gasteiger partial charge in [0.25, 0.3) is 11.8 Å². The van der Waals surface area contributed by atoms with Crippen molar-refractivity contribution in [3.05, 3.63) is 51.8 Å². The number of carbonyl (C=O) groups is 2. The van der Waals surface area contributed by atoms with Crippen molar-refractivity contribution in [3.63, 3.8) is 0 Å². The van der Waals surface area contributed by atoms with E-state index in [4.69, 9.17) is 4.74 Å². The van der Waals surface area contributed by atoms with Crippen molar-refractivity contribution < 1.29 is 14.3 Å². The van der Waals surface area contributed by atoms with Crippen LogP contribution in [-0.2, 0) is 0 Å². The molecule has 0 fully saturated rings. The number of benzene rings is 1. The SMILES string of the molecule is CCOc1ccc(C(=O)NNC(=O)c2sc3nc(C)nc(C)c3c2C)cc1. The molecule has 1 aromatic carbocycles. The zero-order chi connectivity index (χ0) is 19.6. The molecule has 3 aromatic rings. The van der Waals surface area contributed by atoms with Gasteiger partial charge in [-0.2, -0.15) is 0 Å². The van der Waals surface area contributed by atoms with Crippen molar-refractivity contribution in [1.82, 2.24) is 20.8 Å². The highest BCUT2D eigenvalue weighted by molar-refractivity contribution is 7.20. The first-order valence-electron chi connectivity index (χ1n) is 8.48. The number of ether oxygens (including phenoxy) is 1. The lowest BCUT2D eigenvalue weighted by Gasteiger charge is -2.08. The third-order valence-corrected chi connectivity index (χ3v) is 5.19. The van der Waals surface area contributed by atoms with E-state index in [2.05, 4.69) is 20.8 Å². The van der Waals surface area contributed by atoms with Gasteiger partial charge in [-0.05, 0) is 57.5 Å². The van der Waals surface area contributed by atoms with Crippen molar-refractivity contribution in [2.24, 2.45) is 0 Å². The number of rotatable bonds is 4. The van der Waals surface area contributed by atoms with Crippen LogP contribution >= 0.6 is 11.3 Å². The molecule has 2 N–H and O–H groups in total. The molecule has 0 aliphatic rings. The first-order valence-corrected chi connectivity index (χ1v) is 9.30. The summed E-state index contributed by atoms with van der Waals surface area (Å²) in [5.74, 6) is 0.562. The van der Waals surface area contributed by atoms with E-state index >= 15 is 0 Å². The van der Waals surface area contributed by atoms with Crippen LogP contribution in [0.1, 0.15) is 44.0 Å². The van der Waals surface area contributed by atoms with Gasteiger partial charge in [0.05, 0.1) is 11.5 Å². The fourth-order valence-electron chi connectivity index (χ4n) is 2.80. The predicted molar refractivity (Wildman–Crippen MR) is 104 cm³/mol. The molecule has 0 aliphatic heterocycles. The molecule has 2 heterocycles. The third kappa shape index (κ3) is 3.90. The van der Waals surface area contributed by atoms with E-state index in [1.165, 1.54) is 11.3 Å². The summed E-state index contributed by atoms with van der Waals surface area (Å²) in [7, 11) is 0. The van der Waals surface area contributed by atoms with E-state index in [9.17, 15) is 9.59 Å². The second-order valence-corrected chi connectivity index (χ2v) is 6.96. The minimum absolute atomic E-state index is 0.383. The van der Waals surface area contributed by atoms with Gasteiger partial charge in [-0.15, -0.1) is 11.3 Å². The Labute approximate surface area is 160 Å². The summed E-state index contributed by atoms with van der Waals surface area (Å²) >= 11 is 1.28. The van der Waals surface area contributed by atoms with Crippen LogP contribution in [0.5, 0.6) is 5.75 Å². The molecule has 0 atom stereocenters. The highest BCUT2D eigenvalue weighted by atomic mass is 32.1. The monoisotopic (exact) mass is 384 g/mol. The van der Waals surface area contributed by atoms with Crippen molar-refractivity contribution in [1.29, 1.82) is 0 Å². The summed E-state index contributed by atoms with van der Waals surface area (Å²) in [4.78, 5) is 34.8. The highest BCUT2D eigenvalue weighted by Crippen LogP contribution is 2.31. The van der Waals surface area contributed by atoms with E-state index in [0.29, 0.717) is 28.6 Å². The fraction of sp³-hybridized carbons (Fsp3) is 0.263. The lowest BCUT2D eigenvalue weighted by molar-refractivity contribution is 0.0848. The fourth-order valence-corrected chi connectivity index (χ4v) is 3.97. The maximum absolute atomic E-state index is 12.5. The molecular formula is C19H20N4O3S. The van der Waals surface area contributed by atoms with Gasteiger partial charge in [-0.25, -0.2) is 9.97 Å². The Bertz CT molecular complexity index is 1010. The summed E-state index contributed by atoms with van der Waals surface area (Å²) in [6.45, 7) is 8.01. The Hall–Kier alpha value is -3.00. The second-order valence-electron chi connectivity index (χ2n) is 5.96. The topological polar surface area (TPSA) is 93.2 Å². The first kappa shape index (κ1) is 18.8. The smallest absolute Gasteiger partial charge is 0.280 e. The van der Waals surface area contributed by atoms with Gasteiger partial charge in [-0.1, -0.05) is 0 Å². The van der Waals surface area contributed by atoms with E-state index < -0.39 is 5.91 Å². The van der Waals surface area contributed by atoms with E-state index in [1.54, 1.807) is 24.3 Å². The molecular weight excluding hydrogens is 364 g/mol. The standard InChI is InChI=1S/C19H20N4O3S/c1-5-26-14-8-6-13(7-9-14)17(24)22-23-18(25)16-10(2)15-11(3)20-12(4)21-19(15)27-16/h6-9H,5H2,1-4H3,(H,22,24)(H,23,25). The zero-order valence-electron chi connectivity index (χ0n) is 15.5. The molecule has 0 radical (unpaired) electrons. The minimum Gasteiger partial charge on any atom is -0.494 e. The van der Waals surface area contributed by atoms with Gasteiger partial charge in [0, 0.05) is 16.6 Å². The first-order chi connectivity index (χ1) is 12.9. The third-order valence-electron chi connectivity index (χ3n) is 4.01. The highest BCUT2D eigenvalue weighted by Gasteiger charge is 2.19. The van der Waals surface area contributed by atoms with Crippen LogP contribution < -0.4 is 15.6 Å². The van der Waals surface area contributed by atoms with E-state index in [-0.39, 0.29) is 5.91 Å². The summed E-state index contributed by atoms with van der Waals surface area (Å²) in [6.07, 6.45) is 0. The molecule has 27 heavy (non-hydrogen) atoms. The number of hydrogen-bond acceptors (Lipinski definition) is 6. The molecule has 0 saturated carbocycles. The average Bonchev–Trinajstić information content (AvgIpc) is 2.97. The summed E-state index contributed by atoms with van der Waals surface area (Å²) in [5, 5.41) is 0.883. The number of hydrazine groups is 1. The number of nitrogens with one attached hydrogen (secondary N) is 2. The van der Waals surface area contributed by atoms with Crippen molar-refractivity contribution in [2.45, 2.75) is 27.7 Å². The van der Waals surface area contributed by atoms with Crippen LogP contribution in [-0.4, -0.2) is 28.4 Å². The van der Waals surface area contributed by atoms with Crippen molar-refractivity contribution >= 4 is 33.4 Å². The van der Waals surface area contributed by atoms with Gasteiger partial charge in [0.15, 0.2) is 0 Å². The number of amides is 2. The summed E-state index contributed by atoms with van der Waals surface area (Å²) < 4.78 is 5.35. The Balaban J connectivity index is 1.72. The number of fused-ring (bicyclic) bond motifs is 1. The molecule has 0 bridgehead atoms. The molecule has 0 unspecified atom stereocenters. The van der Waals surface area contributed by atoms with Crippen molar-refractivity contribution in [3.8, 4) is 5.75 Å². The molecule has 2 amide bonds. The number of carbonyl (C=O) groups excluding carboxylic acids is 2. The van der Waals surface area contributed by atoms with Gasteiger partial charge >= 0.3 is 0 Å². The Morgan fingerprint density at radius 3 is 2.37 bits per heavy atom. The van der Waals surface area contributed by atoms with Crippen LogP contribution in [0.3, 0.4) is 0 Å². The van der Waals surface area contributed by atoms with Gasteiger partial charge in [0.1, 0.15) is 16.4 Å². The molecule has 0 saturated heterocycles. The van der Waals surface area contributed by atoms with E-state index in [1.807, 2.05) is 27.7 Å². The molecule has 140 valence electrons. The average molecular weight is 384 g/mol. The number of nitrogens with zero attached hydrogens (tertiary/aromatic N) is 2. The molecule has 2 aromatic heterocycles. The maximum Gasteiger partial charge on any atom is 0.280 e. The maximum atomic E-state index is 12.5. The molecule has 8 heteroatoms. The molecule has 0 spiro atoms. The second kappa shape index (κ2) is 7.71. The van der Waals surface area contributed by atoms with Gasteiger partial charge in [0.2, 0.25) is 0 Å². The number of thiophene rings is 1. The normalized spacial score (nSPS) is 10.7. The lowest BCUT2D eigenvalue weighted by atomic mass is 10.1. The molecule has 0 aliphatic carbocycles. The molecule has 3 rings (SSSR count). The zero-order valence-corrected chi connectivity index (χ0v) is 16.4. The van der Waals surface area contributed by atoms with Crippen LogP contribution in [0.25, 0.3) is 10.2 Å². The quantitative estimate of drug-likeness (QED) is 0.674. The minimum atomic E-state index is -0.406. The van der Waals surface area contributed by atoms with Crippen LogP contribution in [0.15, 0.2) is 24.3 Å². The van der Waals surface area contributed by atoms with Gasteiger partial charge < -0.3 is 4.74 Å². The molecule has 7 nitrogen and oxygen atoms in total. The summed E-state index contributed by atoms with van der Waals surface area (Å²) in [6, 6.07) is 6.69. The summed E-state index contributed by atoms with van der Waals surface area (Å²) in [5.41, 5.74) is 6.97. The Morgan fingerprint density at radius 1 is 1.04 bits per heavy atom. The van der Waals surface area contributed by atoms with E-state index in [0.717, 1.165) is 21.5 Å². The van der Waals surface area contributed by atoms with Crippen LogP contribution in [0.2, 0.25) is 0 Å².